The highest BCUT2D eigenvalue weighted by Crippen LogP contribution is 2.30. The van der Waals surface area contributed by atoms with E-state index < -0.39 is 11.8 Å². The summed E-state index contributed by atoms with van der Waals surface area (Å²) in [6.45, 7) is 3.79. The number of carboxylic acids is 1. The van der Waals surface area contributed by atoms with Gasteiger partial charge >= 0.3 is 5.97 Å². The van der Waals surface area contributed by atoms with Gasteiger partial charge in [-0.1, -0.05) is 31.2 Å². The summed E-state index contributed by atoms with van der Waals surface area (Å²) in [6.07, 6.45) is 0.935. The second-order valence-electron chi connectivity index (χ2n) is 5.48. The van der Waals surface area contributed by atoms with Crippen LogP contribution in [0.3, 0.4) is 0 Å². The highest BCUT2D eigenvalue weighted by molar-refractivity contribution is 6.05. The quantitative estimate of drug-likeness (QED) is 0.768. The van der Waals surface area contributed by atoms with Crippen molar-refractivity contribution >= 4 is 16.9 Å². The maximum absolute atomic E-state index is 13.5. The molecule has 0 aliphatic rings. The van der Waals surface area contributed by atoms with Crippen molar-refractivity contribution in [3.8, 4) is 11.3 Å². The highest BCUT2D eigenvalue weighted by Gasteiger charge is 2.18. The van der Waals surface area contributed by atoms with Crippen molar-refractivity contribution in [3.63, 3.8) is 0 Å². The highest BCUT2D eigenvalue weighted by atomic mass is 19.1. The van der Waals surface area contributed by atoms with Crippen molar-refractivity contribution in [2.45, 2.75) is 20.3 Å². The Bertz CT molecular complexity index is 901. The van der Waals surface area contributed by atoms with Gasteiger partial charge in [-0.05, 0) is 42.7 Å². The number of hydrogen-bond donors (Lipinski definition) is 1. The van der Waals surface area contributed by atoms with Crippen LogP contribution < -0.4 is 0 Å². The molecule has 0 fully saturated rings. The molecule has 0 radical (unpaired) electrons. The van der Waals surface area contributed by atoms with Gasteiger partial charge in [-0.3, -0.25) is 0 Å². The predicted octanol–water partition coefficient (Wildman–Crippen LogP) is 4.61. The van der Waals surface area contributed by atoms with Gasteiger partial charge in [0.15, 0.2) is 0 Å². The van der Waals surface area contributed by atoms with Crippen molar-refractivity contribution < 1.29 is 14.3 Å². The Morgan fingerprint density at radius 1 is 1.17 bits per heavy atom. The van der Waals surface area contributed by atoms with Gasteiger partial charge in [0.05, 0.1) is 16.8 Å². The maximum atomic E-state index is 13.5. The number of carboxylic acid groups (broad SMARTS) is 1. The monoisotopic (exact) mass is 309 g/mol. The SMILES string of the molecule is CCc1ccc(-c2nc3ccc(F)cc3c(C(=O)O)c2C)cc1. The van der Waals surface area contributed by atoms with Gasteiger partial charge in [0.2, 0.25) is 0 Å². The van der Waals surface area contributed by atoms with Gasteiger partial charge in [-0.15, -0.1) is 0 Å². The number of aromatic nitrogens is 1. The fourth-order valence-electron chi connectivity index (χ4n) is 2.79. The van der Waals surface area contributed by atoms with Gasteiger partial charge < -0.3 is 5.11 Å². The summed E-state index contributed by atoms with van der Waals surface area (Å²) >= 11 is 0. The van der Waals surface area contributed by atoms with Crippen LogP contribution in [0.5, 0.6) is 0 Å². The average Bonchev–Trinajstić information content (AvgIpc) is 2.54. The standard InChI is InChI=1S/C19H16FNO2/c1-3-12-4-6-13(7-5-12)18-11(2)17(19(22)23)15-10-14(20)8-9-16(15)21-18/h4-10H,3H2,1-2H3,(H,22,23). The van der Waals surface area contributed by atoms with Gasteiger partial charge in [0.25, 0.3) is 0 Å². The van der Waals surface area contributed by atoms with Crippen LogP contribution in [0.25, 0.3) is 22.2 Å². The molecule has 4 heteroatoms. The molecule has 0 saturated heterocycles. The Morgan fingerprint density at radius 3 is 2.48 bits per heavy atom. The summed E-state index contributed by atoms with van der Waals surface area (Å²) in [6, 6.07) is 11.9. The molecule has 2 aromatic carbocycles. The zero-order valence-corrected chi connectivity index (χ0v) is 12.9. The second-order valence-corrected chi connectivity index (χ2v) is 5.48. The first-order valence-electron chi connectivity index (χ1n) is 7.43. The van der Waals surface area contributed by atoms with Crippen LogP contribution in [0.1, 0.15) is 28.4 Å². The second kappa shape index (κ2) is 5.80. The van der Waals surface area contributed by atoms with Crippen molar-refractivity contribution in [1.82, 2.24) is 4.98 Å². The van der Waals surface area contributed by atoms with Crippen molar-refractivity contribution in [2.75, 3.05) is 0 Å². The molecule has 1 aromatic heterocycles. The predicted molar refractivity (Wildman–Crippen MR) is 88.2 cm³/mol. The molecule has 0 saturated carbocycles. The Morgan fingerprint density at radius 2 is 1.87 bits per heavy atom. The number of aromatic carboxylic acids is 1. The van der Waals surface area contributed by atoms with Crippen LogP contribution in [0.2, 0.25) is 0 Å². The fraction of sp³-hybridized carbons (Fsp3) is 0.158. The zero-order chi connectivity index (χ0) is 16.6. The minimum Gasteiger partial charge on any atom is -0.478 e. The normalized spacial score (nSPS) is 10.9. The molecule has 1 heterocycles. The number of benzene rings is 2. The number of pyridine rings is 1. The molecule has 0 atom stereocenters. The fourth-order valence-corrected chi connectivity index (χ4v) is 2.79. The third kappa shape index (κ3) is 2.68. The van der Waals surface area contributed by atoms with E-state index in [4.69, 9.17) is 0 Å². The third-order valence-electron chi connectivity index (χ3n) is 4.04. The molecule has 3 nitrogen and oxygen atoms in total. The van der Waals surface area contributed by atoms with Crippen molar-refractivity contribution in [3.05, 3.63) is 65.0 Å². The lowest BCUT2D eigenvalue weighted by Gasteiger charge is -2.12. The summed E-state index contributed by atoms with van der Waals surface area (Å²) < 4.78 is 13.5. The summed E-state index contributed by atoms with van der Waals surface area (Å²) in [5.41, 5.74) is 3.79. The Hall–Kier alpha value is -2.75. The zero-order valence-electron chi connectivity index (χ0n) is 12.9. The van der Waals surface area contributed by atoms with E-state index in [0.717, 1.165) is 12.0 Å². The van der Waals surface area contributed by atoms with E-state index in [1.54, 1.807) is 6.92 Å². The molecule has 0 aliphatic carbocycles. The topological polar surface area (TPSA) is 50.2 Å². The Kier molecular flexibility index (Phi) is 3.82. The Labute approximate surface area is 133 Å². The first kappa shape index (κ1) is 15.2. The van der Waals surface area contributed by atoms with E-state index in [-0.39, 0.29) is 5.56 Å². The first-order chi connectivity index (χ1) is 11.0. The van der Waals surface area contributed by atoms with Crippen LogP contribution in [-0.2, 0) is 6.42 Å². The van der Waals surface area contributed by atoms with E-state index >= 15 is 0 Å². The van der Waals surface area contributed by atoms with Crippen LogP contribution in [0.4, 0.5) is 4.39 Å². The van der Waals surface area contributed by atoms with E-state index in [2.05, 4.69) is 11.9 Å². The number of fused-ring (bicyclic) bond motifs is 1. The molecule has 0 spiro atoms. The van der Waals surface area contributed by atoms with Crippen molar-refractivity contribution in [2.24, 2.45) is 0 Å². The number of hydrogen-bond acceptors (Lipinski definition) is 2. The molecule has 23 heavy (non-hydrogen) atoms. The lowest BCUT2D eigenvalue weighted by Crippen LogP contribution is -2.05. The average molecular weight is 309 g/mol. The third-order valence-corrected chi connectivity index (χ3v) is 4.04. The number of rotatable bonds is 3. The van der Waals surface area contributed by atoms with E-state index in [1.807, 2.05) is 24.3 Å². The molecule has 116 valence electrons. The summed E-state index contributed by atoms with van der Waals surface area (Å²) in [7, 11) is 0. The van der Waals surface area contributed by atoms with E-state index in [0.29, 0.717) is 22.2 Å². The smallest absolute Gasteiger partial charge is 0.336 e. The van der Waals surface area contributed by atoms with Gasteiger partial charge in [0, 0.05) is 10.9 Å². The molecule has 0 unspecified atom stereocenters. The van der Waals surface area contributed by atoms with Gasteiger partial charge in [-0.2, -0.15) is 0 Å². The summed E-state index contributed by atoms with van der Waals surface area (Å²) in [5, 5.41) is 9.88. The molecule has 3 rings (SSSR count). The molecule has 0 bridgehead atoms. The Balaban J connectivity index is 2.30. The lowest BCUT2D eigenvalue weighted by atomic mass is 9.97. The van der Waals surface area contributed by atoms with Crippen LogP contribution in [-0.4, -0.2) is 16.1 Å². The van der Waals surface area contributed by atoms with Crippen LogP contribution in [0, 0.1) is 12.7 Å². The largest absolute Gasteiger partial charge is 0.478 e. The van der Waals surface area contributed by atoms with Crippen LogP contribution in [0.15, 0.2) is 42.5 Å². The molecule has 1 N–H and O–H groups in total. The number of carbonyl (C=O) groups is 1. The van der Waals surface area contributed by atoms with Gasteiger partial charge in [0.1, 0.15) is 5.82 Å². The molecular weight excluding hydrogens is 293 g/mol. The number of aryl methyl sites for hydroxylation is 1. The molecule has 0 amide bonds. The van der Waals surface area contributed by atoms with Crippen molar-refractivity contribution in [1.29, 1.82) is 0 Å². The van der Waals surface area contributed by atoms with Crippen LogP contribution >= 0.6 is 0 Å². The minimum atomic E-state index is -1.08. The number of nitrogens with zero attached hydrogens (tertiary/aromatic N) is 1. The van der Waals surface area contributed by atoms with E-state index in [9.17, 15) is 14.3 Å². The molecule has 0 aliphatic heterocycles. The summed E-state index contributed by atoms with van der Waals surface area (Å²) in [4.78, 5) is 16.2. The van der Waals surface area contributed by atoms with Gasteiger partial charge in [-0.25, -0.2) is 14.2 Å². The summed E-state index contributed by atoms with van der Waals surface area (Å²) in [5.74, 6) is -1.55. The maximum Gasteiger partial charge on any atom is 0.336 e. The number of halogens is 1. The lowest BCUT2D eigenvalue weighted by molar-refractivity contribution is 0.0698. The first-order valence-corrected chi connectivity index (χ1v) is 7.43. The molecular formula is C19H16FNO2. The minimum absolute atomic E-state index is 0.101. The molecule has 3 aromatic rings. The van der Waals surface area contributed by atoms with E-state index in [1.165, 1.54) is 23.8 Å².